The van der Waals surface area contributed by atoms with Gasteiger partial charge in [0.05, 0.1) is 27.4 Å². The quantitative estimate of drug-likeness (QED) is 0.331. The first-order chi connectivity index (χ1) is 15.4. The molecule has 4 rings (SSSR count). The maximum atomic E-state index is 12.7. The van der Waals surface area contributed by atoms with Gasteiger partial charge in [-0.15, -0.1) is 0 Å². The summed E-state index contributed by atoms with van der Waals surface area (Å²) in [6.07, 6.45) is 0. The number of nitrogens with one attached hydrogen (secondary N) is 2. The molecule has 0 saturated heterocycles. The van der Waals surface area contributed by atoms with Gasteiger partial charge < -0.3 is 14.5 Å². The lowest BCUT2D eigenvalue weighted by Gasteiger charge is -2.08. The Kier molecular flexibility index (Phi) is 6.36. The Morgan fingerprint density at radius 3 is 2.56 bits per heavy atom. The highest BCUT2D eigenvalue weighted by Crippen LogP contribution is 2.35. The molecule has 0 aliphatic carbocycles. The lowest BCUT2D eigenvalue weighted by molar-refractivity contribution is 0.0600. The van der Waals surface area contributed by atoms with Crippen molar-refractivity contribution < 1.29 is 19.1 Å². The molecule has 7 nitrogen and oxygen atoms in total. The van der Waals surface area contributed by atoms with Gasteiger partial charge in [-0.1, -0.05) is 64.9 Å². The summed E-state index contributed by atoms with van der Waals surface area (Å²) in [4.78, 5) is 32.2. The number of H-pyrrole nitrogens is 1. The van der Waals surface area contributed by atoms with Crippen molar-refractivity contribution in [2.45, 2.75) is 13.5 Å². The summed E-state index contributed by atoms with van der Waals surface area (Å²) in [5.74, 6) is -0.581. The number of nitrogens with zero attached hydrogens (tertiary/aromatic N) is 1. The second kappa shape index (κ2) is 9.20. The molecule has 0 fully saturated rings. The summed E-state index contributed by atoms with van der Waals surface area (Å²) in [7, 11) is 1.31. The van der Waals surface area contributed by atoms with Crippen LogP contribution in [0, 0.1) is 6.92 Å². The molecule has 2 heterocycles. The third-order valence-corrected chi connectivity index (χ3v) is 6.48. The number of anilines is 1. The Morgan fingerprint density at radius 1 is 1.16 bits per heavy atom. The van der Waals surface area contributed by atoms with E-state index in [0.29, 0.717) is 37.4 Å². The highest BCUT2D eigenvalue weighted by Gasteiger charge is 2.21. The van der Waals surface area contributed by atoms with Gasteiger partial charge >= 0.3 is 5.97 Å². The standard InChI is InChI=1S/C22H17Cl2N3O4S/c1-11-16(23)17(24)19(25-11)20(28)27-22-26-18-14(31-10-12-6-4-3-5-7-12)8-13(21(29)30-2)9-15(18)32-22/h3-9,25H,10H2,1-2H3,(H,26,27,28). The average Bonchev–Trinajstić information content (AvgIpc) is 3.32. The molecule has 2 aromatic carbocycles. The Labute approximate surface area is 197 Å². The Balaban J connectivity index is 1.67. The van der Waals surface area contributed by atoms with E-state index < -0.39 is 11.9 Å². The number of esters is 1. The Hall–Kier alpha value is -3.07. The molecular weight excluding hydrogens is 473 g/mol. The minimum absolute atomic E-state index is 0.141. The summed E-state index contributed by atoms with van der Waals surface area (Å²) in [5.41, 5.74) is 2.52. The molecule has 32 heavy (non-hydrogen) atoms. The first-order valence-corrected chi connectivity index (χ1v) is 11.0. The van der Waals surface area contributed by atoms with Crippen LogP contribution in [0.1, 0.15) is 32.1 Å². The number of rotatable bonds is 6. The van der Waals surface area contributed by atoms with Crippen LogP contribution >= 0.6 is 34.5 Å². The van der Waals surface area contributed by atoms with E-state index in [1.807, 2.05) is 30.3 Å². The number of thiazole rings is 1. The van der Waals surface area contributed by atoms with E-state index in [0.717, 1.165) is 5.56 Å². The lowest BCUT2D eigenvalue weighted by Crippen LogP contribution is -2.12. The number of methoxy groups -OCH3 is 1. The number of carbonyl (C=O) groups excluding carboxylic acids is 2. The zero-order valence-corrected chi connectivity index (χ0v) is 19.3. The molecule has 0 radical (unpaired) electrons. The topological polar surface area (TPSA) is 93.3 Å². The Morgan fingerprint density at radius 2 is 1.91 bits per heavy atom. The molecule has 0 atom stereocenters. The highest BCUT2D eigenvalue weighted by molar-refractivity contribution is 7.22. The number of aromatic amines is 1. The smallest absolute Gasteiger partial charge is 0.338 e. The number of amides is 1. The molecule has 4 aromatic rings. The molecule has 0 aliphatic heterocycles. The summed E-state index contributed by atoms with van der Waals surface area (Å²) in [6, 6.07) is 12.8. The number of carbonyl (C=O) groups is 2. The minimum Gasteiger partial charge on any atom is -0.487 e. The minimum atomic E-state index is -0.501. The van der Waals surface area contributed by atoms with Crippen molar-refractivity contribution in [1.29, 1.82) is 0 Å². The van der Waals surface area contributed by atoms with Crippen molar-refractivity contribution in [3.63, 3.8) is 0 Å². The van der Waals surface area contributed by atoms with E-state index in [1.165, 1.54) is 18.4 Å². The van der Waals surface area contributed by atoms with Gasteiger partial charge in [-0.3, -0.25) is 10.1 Å². The van der Waals surface area contributed by atoms with E-state index >= 15 is 0 Å². The molecule has 0 aliphatic rings. The normalized spacial score (nSPS) is 10.9. The van der Waals surface area contributed by atoms with Gasteiger partial charge in [0.25, 0.3) is 5.91 Å². The number of aryl methyl sites for hydroxylation is 1. The molecule has 164 valence electrons. The zero-order chi connectivity index (χ0) is 22.8. The Bertz CT molecular complexity index is 1320. The fourth-order valence-corrected chi connectivity index (χ4v) is 4.36. The molecular formula is C22H17Cl2N3O4S. The molecule has 0 saturated carbocycles. The van der Waals surface area contributed by atoms with E-state index in [4.69, 9.17) is 32.7 Å². The summed E-state index contributed by atoms with van der Waals surface area (Å²) in [6.45, 7) is 2.00. The van der Waals surface area contributed by atoms with Crippen molar-refractivity contribution >= 4 is 61.8 Å². The van der Waals surface area contributed by atoms with Crippen LogP contribution in [0.25, 0.3) is 10.2 Å². The van der Waals surface area contributed by atoms with Gasteiger partial charge in [0.1, 0.15) is 23.6 Å². The molecule has 0 spiro atoms. The molecule has 2 aromatic heterocycles. The molecule has 0 unspecified atom stereocenters. The van der Waals surface area contributed by atoms with E-state index in [-0.39, 0.29) is 17.3 Å². The lowest BCUT2D eigenvalue weighted by atomic mass is 10.2. The van der Waals surface area contributed by atoms with Crippen molar-refractivity contribution in [1.82, 2.24) is 9.97 Å². The molecule has 10 heteroatoms. The maximum absolute atomic E-state index is 12.7. The SMILES string of the molecule is COC(=O)c1cc(OCc2ccccc2)c2nc(NC(=O)c3[nH]c(C)c(Cl)c3Cl)sc2c1. The van der Waals surface area contributed by atoms with Crippen LogP contribution in [-0.2, 0) is 11.3 Å². The van der Waals surface area contributed by atoms with Crippen LogP contribution in [0.5, 0.6) is 5.75 Å². The van der Waals surface area contributed by atoms with Crippen LogP contribution in [0.2, 0.25) is 10.0 Å². The molecule has 1 amide bonds. The maximum Gasteiger partial charge on any atom is 0.338 e. The van der Waals surface area contributed by atoms with E-state index in [9.17, 15) is 9.59 Å². The van der Waals surface area contributed by atoms with Gasteiger partial charge in [0.15, 0.2) is 5.13 Å². The van der Waals surface area contributed by atoms with Crippen LogP contribution in [0.3, 0.4) is 0 Å². The van der Waals surface area contributed by atoms with Crippen molar-refractivity contribution in [2.24, 2.45) is 0 Å². The van der Waals surface area contributed by atoms with Crippen LogP contribution in [0.4, 0.5) is 5.13 Å². The fraction of sp³-hybridized carbons (Fsp3) is 0.136. The van der Waals surface area contributed by atoms with Gasteiger partial charge in [0.2, 0.25) is 0 Å². The third kappa shape index (κ3) is 4.43. The zero-order valence-electron chi connectivity index (χ0n) is 17.0. The summed E-state index contributed by atoms with van der Waals surface area (Å²) < 4.78 is 11.5. The predicted molar refractivity (Wildman–Crippen MR) is 125 cm³/mol. The van der Waals surface area contributed by atoms with Crippen molar-refractivity contribution in [3.8, 4) is 5.75 Å². The van der Waals surface area contributed by atoms with Gasteiger partial charge in [-0.25, -0.2) is 9.78 Å². The molecule has 0 bridgehead atoms. The first kappa shape index (κ1) is 22.1. The monoisotopic (exact) mass is 489 g/mol. The number of aromatic nitrogens is 2. The number of ether oxygens (including phenoxy) is 2. The van der Waals surface area contributed by atoms with Crippen LogP contribution in [-0.4, -0.2) is 29.0 Å². The first-order valence-electron chi connectivity index (χ1n) is 9.42. The summed E-state index contributed by atoms with van der Waals surface area (Å²) >= 11 is 13.4. The number of benzene rings is 2. The van der Waals surface area contributed by atoms with Gasteiger partial charge in [-0.2, -0.15) is 0 Å². The van der Waals surface area contributed by atoms with Gasteiger partial charge in [0, 0.05) is 5.69 Å². The average molecular weight is 490 g/mol. The third-order valence-electron chi connectivity index (χ3n) is 4.62. The van der Waals surface area contributed by atoms with Gasteiger partial charge in [-0.05, 0) is 24.6 Å². The van der Waals surface area contributed by atoms with E-state index in [2.05, 4.69) is 15.3 Å². The highest BCUT2D eigenvalue weighted by atomic mass is 35.5. The van der Waals surface area contributed by atoms with Crippen LogP contribution in [0.15, 0.2) is 42.5 Å². The number of halogens is 2. The number of hydrogen-bond donors (Lipinski definition) is 2. The second-order valence-electron chi connectivity index (χ2n) is 6.81. The van der Waals surface area contributed by atoms with Crippen molar-refractivity contribution in [3.05, 3.63) is 75.0 Å². The number of hydrogen-bond acceptors (Lipinski definition) is 6. The molecule has 2 N–H and O–H groups in total. The predicted octanol–water partition coefficient (Wildman–Crippen LogP) is 5.86. The fourth-order valence-electron chi connectivity index (χ4n) is 3.02. The largest absolute Gasteiger partial charge is 0.487 e. The number of fused-ring (bicyclic) bond motifs is 1. The van der Waals surface area contributed by atoms with Crippen LogP contribution < -0.4 is 10.1 Å². The second-order valence-corrected chi connectivity index (χ2v) is 8.60. The van der Waals surface area contributed by atoms with Crippen molar-refractivity contribution in [2.75, 3.05) is 12.4 Å². The summed E-state index contributed by atoms with van der Waals surface area (Å²) in [5, 5.41) is 3.46. The van der Waals surface area contributed by atoms with E-state index in [1.54, 1.807) is 19.1 Å².